The van der Waals surface area contributed by atoms with Crippen molar-refractivity contribution in [3.05, 3.63) is 65.5 Å². The summed E-state index contributed by atoms with van der Waals surface area (Å²) in [5, 5.41) is 3.86. The quantitative estimate of drug-likeness (QED) is 0.571. The Morgan fingerprint density at radius 1 is 1.07 bits per heavy atom. The van der Waals surface area contributed by atoms with E-state index in [1.54, 1.807) is 36.4 Å². The minimum Gasteiger partial charge on any atom is -0.292 e. The number of amides is 1. The molecule has 0 spiro atoms. The molecule has 1 amide bonds. The molecule has 0 unspecified atom stereocenters. The van der Waals surface area contributed by atoms with Crippen LogP contribution < -0.4 is 5.43 Å². The lowest BCUT2D eigenvalue weighted by Crippen LogP contribution is -2.50. The van der Waals surface area contributed by atoms with Crippen LogP contribution in [0.5, 0.6) is 0 Å². The van der Waals surface area contributed by atoms with Gasteiger partial charge in [-0.1, -0.05) is 29.8 Å². The minimum absolute atomic E-state index is 0.124. The second kappa shape index (κ2) is 9.25. The molecule has 0 atom stereocenters. The molecule has 1 N–H and O–H groups in total. The maximum Gasteiger partial charge on any atom is 0.254 e. The third kappa shape index (κ3) is 5.69. The Balaban J connectivity index is 1.47. The second-order valence-corrected chi connectivity index (χ2v) is 8.78. The van der Waals surface area contributed by atoms with Crippen LogP contribution in [0.2, 0.25) is 0 Å². The predicted molar refractivity (Wildman–Crippen MR) is 109 cm³/mol. The number of carbonyl (C=O) groups excluding carboxylic acids is 1. The van der Waals surface area contributed by atoms with Crippen molar-refractivity contribution >= 4 is 22.1 Å². The molecule has 1 aliphatic heterocycles. The maximum absolute atomic E-state index is 12.9. The SMILES string of the molecule is Cc1ccc(S(=O)(=O)N2CCN(CC(=O)NN=Cc3ccc(F)cc3)CC2)cc1. The van der Waals surface area contributed by atoms with Gasteiger partial charge in [0, 0.05) is 26.2 Å². The maximum atomic E-state index is 12.9. The molecule has 1 saturated heterocycles. The Morgan fingerprint density at radius 3 is 2.31 bits per heavy atom. The molecule has 1 aliphatic rings. The van der Waals surface area contributed by atoms with E-state index in [-0.39, 0.29) is 23.2 Å². The summed E-state index contributed by atoms with van der Waals surface area (Å²) in [5.41, 5.74) is 4.10. The molecular formula is C20H23FN4O3S. The summed E-state index contributed by atoms with van der Waals surface area (Å²) in [6.45, 7) is 3.59. The zero-order valence-electron chi connectivity index (χ0n) is 16.1. The Bertz CT molecular complexity index is 968. The van der Waals surface area contributed by atoms with Crippen molar-refractivity contribution in [2.75, 3.05) is 32.7 Å². The molecular weight excluding hydrogens is 395 g/mol. The van der Waals surface area contributed by atoms with Gasteiger partial charge in [0.2, 0.25) is 10.0 Å². The zero-order valence-corrected chi connectivity index (χ0v) is 16.9. The number of sulfonamides is 1. The van der Waals surface area contributed by atoms with Crippen molar-refractivity contribution < 1.29 is 17.6 Å². The smallest absolute Gasteiger partial charge is 0.254 e. The highest BCUT2D eigenvalue weighted by atomic mass is 32.2. The van der Waals surface area contributed by atoms with Crippen LogP contribution in [0.15, 0.2) is 58.5 Å². The molecule has 1 heterocycles. The molecule has 0 aromatic heterocycles. The van der Waals surface area contributed by atoms with Gasteiger partial charge in [0.05, 0.1) is 17.7 Å². The van der Waals surface area contributed by atoms with Crippen LogP contribution in [0, 0.1) is 12.7 Å². The topological polar surface area (TPSA) is 82.1 Å². The van der Waals surface area contributed by atoms with Crippen molar-refractivity contribution in [1.29, 1.82) is 0 Å². The van der Waals surface area contributed by atoms with Crippen LogP contribution in [0.3, 0.4) is 0 Å². The number of carbonyl (C=O) groups is 1. The predicted octanol–water partition coefficient (Wildman–Crippen LogP) is 1.59. The summed E-state index contributed by atoms with van der Waals surface area (Å²) in [4.78, 5) is 14.2. The third-order valence-electron chi connectivity index (χ3n) is 4.63. The highest BCUT2D eigenvalue weighted by Crippen LogP contribution is 2.18. The molecule has 0 bridgehead atoms. The molecule has 0 radical (unpaired) electrons. The Morgan fingerprint density at radius 2 is 1.69 bits per heavy atom. The number of halogens is 1. The number of piperazine rings is 1. The molecule has 2 aromatic rings. The van der Waals surface area contributed by atoms with E-state index in [0.29, 0.717) is 31.7 Å². The summed E-state index contributed by atoms with van der Waals surface area (Å²) in [7, 11) is -3.52. The van der Waals surface area contributed by atoms with Crippen molar-refractivity contribution in [3.63, 3.8) is 0 Å². The molecule has 3 rings (SSSR count). The molecule has 0 saturated carbocycles. The lowest BCUT2D eigenvalue weighted by molar-refractivity contribution is -0.122. The van der Waals surface area contributed by atoms with Crippen LogP contribution in [0.25, 0.3) is 0 Å². The van der Waals surface area contributed by atoms with Gasteiger partial charge in [-0.2, -0.15) is 9.41 Å². The number of hydrogen-bond acceptors (Lipinski definition) is 5. The first-order valence-electron chi connectivity index (χ1n) is 9.21. The van der Waals surface area contributed by atoms with Gasteiger partial charge in [-0.15, -0.1) is 0 Å². The van der Waals surface area contributed by atoms with Crippen LogP contribution in [-0.4, -0.2) is 62.5 Å². The van der Waals surface area contributed by atoms with E-state index in [2.05, 4.69) is 10.5 Å². The van der Waals surface area contributed by atoms with E-state index >= 15 is 0 Å². The van der Waals surface area contributed by atoms with Gasteiger partial charge >= 0.3 is 0 Å². The Kier molecular flexibility index (Phi) is 6.73. The fraction of sp³-hybridized carbons (Fsp3) is 0.300. The average Bonchev–Trinajstić information content (AvgIpc) is 2.70. The van der Waals surface area contributed by atoms with Crippen LogP contribution in [0.4, 0.5) is 4.39 Å². The average molecular weight is 418 g/mol. The standard InChI is InChI=1S/C20H23FN4O3S/c1-16-2-8-19(9-3-16)29(27,28)25-12-10-24(11-13-25)15-20(26)23-22-14-17-4-6-18(21)7-5-17/h2-9,14H,10-13,15H2,1H3,(H,23,26). The van der Waals surface area contributed by atoms with Gasteiger partial charge in [-0.25, -0.2) is 18.2 Å². The van der Waals surface area contributed by atoms with E-state index < -0.39 is 10.0 Å². The van der Waals surface area contributed by atoms with Crippen molar-refractivity contribution in [2.45, 2.75) is 11.8 Å². The van der Waals surface area contributed by atoms with Crippen molar-refractivity contribution in [2.24, 2.45) is 5.10 Å². The van der Waals surface area contributed by atoms with Gasteiger partial charge in [-0.3, -0.25) is 9.69 Å². The van der Waals surface area contributed by atoms with E-state index in [1.165, 1.54) is 22.7 Å². The normalized spacial score (nSPS) is 16.2. The Hall–Kier alpha value is -2.62. The fourth-order valence-electron chi connectivity index (χ4n) is 2.95. The highest BCUT2D eigenvalue weighted by Gasteiger charge is 2.28. The lowest BCUT2D eigenvalue weighted by Gasteiger charge is -2.33. The lowest BCUT2D eigenvalue weighted by atomic mass is 10.2. The monoisotopic (exact) mass is 418 g/mol. The molecule has 9 heteroatoms. The van der Waals surface area contributed by atoms with Gasteiger partial charge in [-0.05, 0) is 36.8 Å². The van der Waals surface area contributed by atoms with E-state index in [1.807, 2.05) is 11.8 Å². The van der Waals surface area contributed by atoms with Gasteiger partial charge in [0.15, 0.2) is 0 Å². The summed E-state index contributed by atoms with van der Waals surface area (Å²) in [5.74, 6) is -0.632. The third-order valence-corrected chi connectivity index (χ3v) is 6.54. The minimum atomic E-state index is -3.52. The first-order valence-corrected chi connectivity index (χ1v) is 10.7. The van der Waals surface area contributed by atoms with E-state index in [4.69, 9.17) is 0 Å². The molecule has 154 valence electrons. The van der Waals surface area contributed by atoms with Crippen LogP contribution in [-0.2, 0) is 14.8 Å². The number of hydrazone groups is 1. The summed E-state index contributed by atoms with van der Waals surface area (Å²) in [6, 6.07) is 12.5. The number of aryl methyl sites for hydroxylation is 1. The highest BCUT2D eigenvalue weighted by molar-refractivity contribution is 7.89. The van der Waals surface area contributed by atoms with Crippen LogP contribution in [0.1, 0.15) is 11.1 Å². The first kappa shape index (κ1) is 21.1. The summed E-state index contributed by atoms with van der Waals surface area (Å²) in [6.07, 6.45) is 1.43. The van der Waals surface area contributed by atoms with Gasteiger partial charge < -0.3 is 0 Å². The number of rotatable bonds is 6. The second-order valence-electron chi connectivity index (χ2n) is 6.84. The molecule has 7 nitrogen and oxygen atoms in total. The number of benzene rings is 2. The fourth-order valence-corrected chi connectivity index (χ4v) is 4.38. The van der Waals surface area contributed by atoms with Crippen molar-refractivity contribution in [1.82, 2.24) is 14.6 Å². The number of nitrogens with zero attached hydrogens (tertiary/aromatic N) is 3. The Labute approximate surface area is 169 Å². The summed E-state index contributed by atoms with van der Waals surface area (Å²) >= 11 is 0. The van der Waals surface area contributed by atoms with E-state index in [9.17, 15) is 17.6 Å². The van der Waals surface area contributed by atoms with Gasteiger partial charge in [0.1, 0.15) is 5.82 Å². The van der Waals surface area contributed by atoms with Gasteiger partial charge in [0.25, 0.3) is 5.91 Å². The van der Waals surface area contributed by atoms with Crippen LogP contribution >= 0.6 is 0 Å². The molecule has 0 aliphatic carbocycles. The number of hydrogen-bond donors (Lipinski definition) is 1. The molecule has 29 heavy (non-hydrogen) atoms. The number of nitrogens with one attached hydrogen (secondary N) is 1. The molecule has 1 fully saturated rings. The summed E-state index contributed by atoms with van der Waals surface area (Å²) < 4.78 is 39.7. The largest absolute Gasteiger partial charge is 0.292 e. The van der Waals surface area contributed by atoms with E-state index in [0.717, 1.165) is 5.56 Å². The zero-order chi connectivity index (χ0) is 20.9. The van der Waals surface area contributed by atoms with Crippen molar-refractivity contribution in [3.8, 4) is 0 Å². The molecule has 2 aromatic carbocycles. The first-order chi connectivity index (χ1) is 13.8.